The van der Waals surface area contributed by atoms with Crippen molar-refractivity contribution in [1.82, 2.24) is 15.1 Å². The van der Waals surface area contributed by atoms with Crippen LogP contribution in [-0.4, -0.2) is 55.0 Å². The molecule has 0 spiro atoms. The molecule has 0 radical (unpaired) electrons. The van der Waals surface area contributed by atoms with E-state index in [-0.39, 0.29) is 0 Å². The number of rotatable bonds is 3. The van der Waals surface area contributed by atoms with Gasteiger partial charge in [-0.2, -0.15) is 0 Å². The first-order chi connectivity index (χ1) is 10.8. The number of halogens is 1. The zero-order valence-corrected chi connectivity index (χ0v) is 14.8. The smallest absolute Gasteiger partial charge is 0.193 e. The fourth-order valence-electron chi connectivity index (χ4n) is 3.46. The number of guanidine groups is 1. The van der Waals surface area contributed by atoms with E-state index in [1.54, 1.807) is 11.3 Å². The maximum absolute atomic E-state index is 5.99. The van der Waals surface area contributed by atoms with Crippen molar-refractivity contribution in [3.8, 4) is 0 Å². The highest BCUT2D eigenvalue weighted by Gasteiger charge is 2.29. The van der Waals surface area contributed by atoms with E-state index in [4.69, 9.17) is 11.6 Å². The predicted molar refractivity (Wildman–Crippen MR) is 94.9 cm³/mol. The quantitative estimate of drug-likeness (QED) is 0.677. The lowest BCUT2D eigenvalue weighted by atomic mass is 10.1. The number of thiophene rings is 1. The van der Waals surface area contributed by atoms with Crippen molar-refractivity contribution in [2.75, 3.05) is 33.2 Å². The Hall–Kier alpha value is -0.780. The molecule has 1 N–H and O–H groups in total. The van der Waals surface area contributed by atoms with Crippen LogP contribution in [0.3, 0.4) is 0 Å². The molecule has 6 heteroatoms. The molecule has 0 saturated carbocycles. The summed E-state index contributed by atoms with van der Waals surface area (Å²) in [6.45, 7) is 5.56. The van der Waals surface area contributed by atoms with Gasteiger partial charge >= 0.3 is 0 Å². The minimum Gasteiger partial charge on any atom is -0.351 e. The fraction of sp³-hybridized carbons (Fsp3) is 0.688. The summed E-state index contributed by atoms with van der Waals surface area (Å²) in [5, 5.41) is 3.47. The number of hydrogen-bond acceptors (Lipinski definition) is 3. The number of likely N-dealkylation sites (tertiary alicyclic amines) is 2. The summed E-state index contributed by atoms with van der Waals surface area (Å²) in [6.07, 6.45) is 5.39. The summed E-state index contributed by atoms with van der Waals surface area (Å²) in [7, 11) is 1.87. The normalized spacial score (nSPS) is 24.0. The van der Waals surface area contributed by atoms with Gasteiger partial charge in [0.05, 0.1) is 10.9 Å². The lowest BCUT2D eigenvalue weighted by Crippen LogP contribution is -2.44. The molecule has 22 heavy (non-hydrogen) atoms. The van der Waals surface area contributed by atoms with E-state index >= 15 is 0 Å². The molecule has 2 saturated heterocycles. The first-order valence-corrected chi connectivity index (χ1v) is 9.39. The number of hydrogen-bond donors (Lipinski definition) is 1. The SMILES string of the molecule is CN=C(NCc1ccc(Cl)s1)N1CCC(N2CCCCC2)C1. The Morgan fingerprint density at radius 3 is 2.82 bits per heavy atom. The molecule has 0 aliphatic carbocycles. The fourth-order valence-corrected chi connectivity index (χ4v) is 4.49. The molecule has 3 rings (SSSR count). The molecule has 1 aromatic rings. The van der Waals surface area contributed by atoms with Gasteiger partial charge in [-0.05, 0) is 44.5 Å². The van der Waals surface area contributed by atoms with Crippen molar-refractivity contribution in [2.24, 2.45) is 4.99 Å². The summed E-state index contributed by atoms with van der Waals surface area (Å²) in [4.78, 5) is 10.8. The predicted octanol–water partition coefficient (Wildman–Crippen LogP) is 3.04. The summed E-state index contributed by atoms with van der Waals surface area (Å²) < 4.78 is 0.845. The van der Waals surface area contributed by atoms with Gasteiger partial charge in [-0.1, -0.05) is 18.0 Å². The van der Waals surface area contributed by atoms with Crippen LogP contribution in [-0.2, 0) is 6.54 Å². The van der Waals surface area contributed by atoms with Gasteiger partial charge in [-0.15, -0.1) is 11.3 Å². The van der Waals surface area contributed by atoms with Gasteiger partial charge in [0.1, 0.15) is 0 Å². The average molecular weight is 341 g/mol. The molecule has 1 aromatic heterocycles. The highest BCUT2D eigenvalue weighted by molar-refractivity contribution is 7.16. The second kappa shape index (κ2) is 7.66. The van der Waals surface area contributed by atoms with Crippen LogP contribution in [0.15, 0.2) is 17.1 Å². The van der Waals surface area contributed by atoms with Crippen LogP contribution in [0.25, 0.3) is 0 Å². The van der Waals surface area contributed by atoms with Crippen LogP contribution in [0.5, 0.6) is 0 Å². The van der Waals surface area contributed by atoms with Gasteiger partial charge in [0.15, 0.2) is 5.96 Å². The lowest BCUT2D eigenvalue weighted by Gasteiger charge is -2.32. The van der Waals surface area contributed by atoms with Crippen molar-refractivity contribution >= 4 is 28.9 Å². The van der Waals surface area contributed by atoms with Gasteiger partial charge in [-0.3, -0.25) is 9.89 Å². The third-order valence-corrected chi connectivity index (χ3v) is 5.86. The maximum Gasteiger partial charge on any atom is 0.193 e. The van der Waals surface area contributed by atoms with Crippen LogP contribution in [0.2, 0.25) is 4.34 Å². The molecular formula is C16H25ClN4S. The standard InChI is InChI=1S/C16H25ClN4S/c1-18-16(19-11-14-5-6-15(17)22-14)21-10-7-13(12-21)20-8-3-2-4-9-20/h5-6,13H,2-4,7-12H2,1H3,(H,18,19). The lowest BCUT2D eigenvalue weighted by molar-refractivity contribution is 0.168. The van der Waals surface area contributed by atoms with E-state index < -0.39 is 0 Å². The molecule has 0 aromatic carbocycles. The average Bonchev–Trinajstić information content (AvgIpc) is 3.18. The van der Waals surface area contributed by atoms with Gasteiger partial charge in [0.25, 0.3) is 0 Å². The Labute approximate surface area is 142 Å². The molecule has 122 valence electrons. The van der Waals surface area contributed by atoms with Crippen LogP contribution in [0.4, 0.5) is 0 Å². The molecule has 1 atom stereocenters. The minimum atomic E-state index is 0.704. The molecule has 4 nitrogen and oxygen atoms in total. The first kappa shape index (κ1) is 16.1. The Balaban J connectivity index is 1.51. The molecule has 2 aliphatic rings. The van der Waals surface area contributed by atoms with E-state index in [0.29, 0.717) is 6.04 Å². The summed E-state index contributed by atoms with van der Waals surface area (Å²) in [5.74, 6) is 1.02. The Kier molecular flexibility index (Phi) is 5.61. The van der Waals surface area contributed by atoms with Crippen molar-refractivity contribution in [3.63, 3.8) is 0 Å². The highest BCUT2D eigenvalue weighted by Crippen LogP contribution is 2.22. The largest absolute Gasteiger partial charge is 0.351 e. The molecule has 3 heterocycles. The summed E-state index contributed by atoms with van der Waals surface area (Å²) in [6, 6.07) is 4.73. The van der Waals surface area contributed by atoms with E-state index in [0.717, 1.165) is 29.9 Å². The zero-order valence-electron chi connectivity index (χ0n) is 13.2. The van der Waals surface area contributed by atoms with Gasteiger partial charge in [0, 0.05) is 31.1 Å². The summed E-state index contributed by atoms with van der Waals surface area (Å²) >= 11 is 7.61. The molecular weight excluding hydrogens is 316 g/mol. The summed E-state index contributed by atoms with van der Waals surface area (Å²) in [5.41, 5.74) is 0. The van der Waals surface area contributed by atoms with Crippen LogP contribution in [0.1, 0.15) is 30.6 Å². The first-order valence-electron chi connectivity index (χ1n) is 8.20. The Bertz CT molecular complexity index is 510. The second-order valence-corrected chi connectivity index (χ2v) is 7.89. The zero-order chi connectivity index (χ0) is 15.4. The second-order valence-electron chi connectivity index (χ2n) is 6.09. The number of aliphatic imine (C=N–C) groups is 1. The molecule has 2 fully saturated rings. The molecule has 2 aliphatic heterocycles. The molecule has 0 bridgehead atoms. The maximum atomic E-state index is 5.99. The monoisotopic (exact) mass is 340 g/mol. The highest BCUT2D eigenvalue weighted by atomic mass is 35.5. The van der Waals surface area contributed by atoms with Crippen LogP contribution in [0, 0.1) is 0 Å². The minimum absolute atomic E-state index is 0.704. The van der Waals surface area contributed by atoms with E-state index in [1.807, 2.05) is 13.1 Å². The Morgan fingerprint density at radius 1 is 1.32 bits per heavy atom. The van der Waals surface area contributed by atoms with Crippen LogP contribution < -0.4 is 5.32 Å². The van der Waals surface area contributed by atoms with Crippen LogP contribution >= 0.6 is 22.9 Å². The van der Waals surface area contributed by atoms with E-state index in [9.17, 15) is 0 Å². The third kappa shape index (κ3) is 3.94. The van der Waals surface area contributed by atoms with E-state index in [1.165, 1.54) is 43.6 Å². The van der Waals surface area contributed by atoms with E-state index in [2.05, 4.69) is 26.2 Å². The third-order valence-electron chi connectivity index (χ3n) is 4.63. The van der Waals surface area contributed by atoms with Gasteiger partial charge in [0.2, 0.25) is 0 Å². The van der Waals surface area contributed by atoms with Gasteiger partial charge < -0.3 is 10.2 Å². The van der Waals surface area contributed by atoms with Gasteiger partial charge in [-0.25, -0.2) is 0 Å². The van der Waals surface area contributed by atoms with Crippen molar-refractivity contribution < 1.29 is 0 Å². The number of nitrogens with zero attached hydrogens (tertiary/aromatic N) is 3. The number of nitrogens with one attached hydrogen (secondary N) is 1. The Morgan fingerprint density at radius 2 is 2.14 bits per heavy atom. The molecule has 1 unspecified atom stereocenters. The number of piperidine rings is 1. The van der Waals surface area contributed by atoms with Crippen molar-refractivity contribution in [3.05, 3.63) is 21.3 Å². The van der Waals surface area contributed by atoms with Crippen molar-refractivity contribution in [1.29, 1.82) is 0 Å². The molecule has 0 amide bonds. The van der Waals surface area contributed by atoms with Crippen molar-refractivity contribution in [2.45, 2.75) is 38.3 Å². The topological polar surface area (TPSA) is 30.9 Å².